The number of piperidine rings is 1. The number of aryl methyl sites for hydroxylation is 1. The summed E-state index contributed by atoms with van der Waals surface area (Å²) in [4.78, 5) is 15.0. The third kappa shape index (κ3) is 2.36. The van der Waals surface area contributed by atoms with Gasteiger partial charge in [-0.05, 0) is 25.3 Å². The van der Waals surface area contributed by atoms with E-state index in [0.717, 1.165) is 35.7 Å². The summed E-state index contributed by atoms with van der Waals surface area (Å²) in [5.41, 5.74) is 1.33. The van der Waals surface area contributed by atoms with Crippen molar-refractivity contribution in [2.24, 2.45) is 13.0 Å². The van der Waals surface area contributed by atoms with Gasteiger partial charge >= 0.3 is 0 Å². The van der Waals surface area contributed by atoms with Gasteiger partial charge in [-0.1, -0.05) is 31.0 Å². The highest BCUT2D eigenvalue weighted by atomic mass is 16.3. The van der Waals surface area contributed by atoms with Crippen LogP contribution in [-0.2, 0) is 7.05 Å². The number of amides is 1. The molecule has 1 aliphatic carbocycles. The molecule has 23 heavy (non-hydrogen) atoms. The summed E-state index contributed by atoms with van der Waals surface area (Å²) in [6.07, 6.45) is 6.88. The molecular weight excluding hydrogens is 288 g/mol. The molecule has 4 heteroatoms. The third-order valence-corrected chi connectivity index (χ3v) is 5.84. The van der Waals surface area contributed by atoms with Crippen LogP contribution in [0.25, 0.3) is 10.9 Å². The smallest absolute Gasteiger partial charge is 0.256 e. The molecule has 2 aromatic rings. The van der Waals surface area contributed by atoms with Crippen molar-refractivity contribution < 1.29 is 9.90 Å². The number of fused-ring (bicyclic) bond motifs is 2. The number of carbonyl (C=O) groups is 1. The lowest BCUT2D eigenvalue weighted by atomic mass is 9.71. The molecule has 0 radical (unpaired) electrons. The minimum absolute atomic E-state index is 0.106. The first-order chi connectivity index (χ1) is 11.1. The molecular formula is C19H24N2O2. The van der Waals surface area contributed by atoms with Gasteiger partial charge in [-0.3, -0.25) is 4.79 Å². The van der Waals surface area contributed by atoms with Crippen LogP contribution in [0.2, 0.25) is 0 Å². The van der Waals surface area contributed by atoms with Gasteiger partial charge in [-0.25, -0.2) is 0 Å². The van der Waals surface area contributed by atoms with Crippen LogP contribution >= 0.6 is 0 Å². The topological polar surface area (TPSA) is 45.5 Å². The summed E-state index contributed by atoms with van der Waals surface area (Å²) in [5.74, 6) is 0.346. The summed E-state index contributed by atoms with van der Waals surface area (Å²) in [5, 5.41) is 11.8. The van der Waals surface area contributed by atoms with Gasteiger partial charge in [-0.2, -0.15) is 0 Å². The number of benzene rings is 1. The maximum absolute atomic E-state index is 13.0. The number of rotatable bonds is 1. The Hall–Kier alpha value is -1.81. The summed E-state index contributed by atoms with van der Waals surface area (Å²) in [7, 11) is 1.98. The van der Waals surface area contributed by atoms with Gasteiger partial charge in [0.15, 0.2) is 0 Å². The molecule has 1 aliphatic heterocycles. The van der Waals surface area contributed by atoms with Gasteiger partial charge in [0.25, 0.3) is 5.91 Å². The minimum Gasteiger partial charge on any atom is -0.389 e. The Kier molecular flexibility index (Phi) is 3.45. The standard InChI is InChI=1S/C19H24N2O2/c1-20-13-16(15-7-2-3-8-17(15)20)18(22)21-11-10-19(23)9-5-4-6-14(19)12-21/h2-3,7-8,13-14,23H,4-6,9-12H2,1H3/t14-,19-/m0/s1. The molecule has 4 nitrogen and oxygen atoms in total. The van der Waals surface area contributed by atoms with Gasteiger partial charge < -0.3 is 14.6 Å². The van der Waals surface area contributed by atoms with Crippen molar-refractivity contribution >= 4 is 16.8 Å². The number of nitrogens with zero attached hydrogens (tertiary/aromatic N) is 2. The molecule has 0 spiro atoms. The van der Waals surface area contributed by atoms with E-state index in [1.807, 2.05) is 47.0 Å². The fraction of sp³-hybridized carbons (Fsp3) is 0.526. The second kappa shape index (κ2) is 5.38. The number of carbonyl (C=O) groups excluding carboxylic acids is 1. The Morgan fingerprint density at radius 2 is 2.09 bits per heavy atom. The maximum atomic E-state index is 13.0. The van der Waals surface area contributed by atoms with Crippen molar-refractivity contribution in [3.8, 4) is 0 Å². The van der Waals surface area contributed by atoms with E-state index in [2.05, 4.69) is 0 Å². The first-order valence-corrected chi connectivity index (χ1v) is 8.64. The van der Waals surface area contributed by atoms with Crippen molar-refractivity contribution in [2.45, 2.75) is 37.7 Å². The van der Waals surface area contributed by atoms with E-state index in [-0.39, 0.29) is 11.8 Å². The fourth-order valence-electron chi connectivity index (χ4n) is 4.44. The molecule has 2 heterocycles. The summed E-state index contributed by atoms with van der Waals surface area (Å²) in [6.45, 7) is 1.35. The van der Waals surface area contributed by atoms with Crippen molar-refractivity contribution in [3.63, 3.8) is 0 Å². The van der Waals surface area contributed by atoms with E-state index in [9.17, 15) is 9.90 Å². The van der Waals surface area contributed by atoms with Crippen LogP contribution in [0.3, 0.4) is 0 Å². The highest BCUT2D eigenvalue weighted by Gasteiger charge is 2.44. The van der Waals surface area contributed by atoms with Crippen molar-refractivity contribution in [1.29, 1.82) is 0 Å². The Morgan fingerprint density at radius 1 is 1.26 bits per heavy atom. The molecule has 1 saturated carbocycles. The molecule has 0 bridgehead atoms. The number of aliphatic hydroxyl groups is 1. The van der Waals surface area contributed by atoms with Crippen molar-refractivity contribution in [3.05, 3.63) is 36.0 Å². The second-order valence-electron chi connectivity index (χ2n) is 7.22. The Labute approximate surface area is 136 Å². The predicted molar refractivity (Wildman–Crippen MR) is 90.3 cm³/mol. The monoisotopic (exact) mass is 312 g/mol. The van der Waals surface area contributed by atoms with Gasteiger partial charge in [-0.15, -0.1) is 0 Å². The highest BCUT2D eigenvalue weighted by Crippen LogP contribution is 2.40. The number of likely N-dealkylation sites (tertiary alicyclic amines) is 1. The van der Waals surface area contributed by atoms with Crippen molar-refractivity contribution in [2.75, 3.05) is 13.1 Å². The average molecular weight is 312 g/mol. The number of aromatic nitrogens is 1. The van der Waals surface area contributed by atoms with E-state index in [1.54, 1.807) is 0 Å². The third-order valence-electron chi connectivity index (χ3n) is 5.84. The fourth-order valence-corrected chi connectivity index (χ4v) is 4.44. The van der Waals surface area contributed by atoms with E-state index in [4.69, 9.17) is 0 Å². The summed E-state index contributed by atoms with van der Waals surface area (Å²) in [6, 6.07) is 8.04. The molecule has 1 aromatic carbocycles. The first kappa shape index (κ1) is 14.8. The van der Waals surface area contributed by atoms with Crippen LogP contribution in [0.15, 0.2) is 30.5 Å². The van der Waals surface area contributed by atoms with E-state index >= 15 is 0 Å². The molecule has 0 unspecified atom stereocenters. The largest absolute Gasteiger partial charge is 0.389 e. The Morgan fingerprint density at radius 3 is 2.96 bits per heavy atom. The molecule has 2 fully saturated rings. The second-order valence-corrected chi connectivity index (χ2v) is 7.22. The number of para-hydroxylation sites is 1. The van der Waals surface area contributed by atoms with Gasteiger partial charge in [0, 0.05) is 43.2 Å². The van der Waals surface area contributed by atoms with Crippen LogP contribution in [0, 0.1) is 5.92 Å². The zero-order valence-corrected chi connectivity index (χ0v) is 13.7. The molecule has 122 valence electrons. The lowest BCUT2D eigenvalue weighted by Crippen LogP contribution is -2.54. The highest BCUT2D eigenvalue weighted by molar-refractivity contribution is 6.07. The van der Waals surface area contributed by atoms with Crippen LogP contribution in [0.4, 0.5) is 0 Å². The van der Waals surface area contributed by atoms with Crippen LogP contribution in [-0.4, -0.2) is 39.2 Å². The van der Waals surface area contributed by atoms with E-state index in [1.165, 1.54) is 6.42 Å². The normalized spacial score (nSPS) is 27.9. The molecule has 1 saturated heterocycles. The van der Waals surface area contributed by atoms with Gasteiger partial charge in [0.2, 0.25) is 0 Å². The van der Waals surface area contributed by atoms with Gasteiger partial charge in [0.05, 0.1) is 11.2 Å². The first-order valence-electron chi connectivity index (χ1n) is 8.64. The van der Waals surface area contributed by atoms with E-state index < -0.39 is 5.60 Å². The van der Waals surface area contributed by atoms with Gasteiger partial charge in [0.1, 0.15) is 0 Å². The molecule has 2 atom stereocenters. The number of hydrogen-bond donors (Lipinski definition) is 1. The summed E-state index contributed by atoms with van der Waals surface area (Å²) < 4.78 is 2.02. The lowest BCUT2D eigenvalue weighted by Gasteiger charge is -2.47. The average Bonchev–Trinajstić information content (AvgIpc) is 2.91. The predicted octanol–water partition coefficient (Wildman–Crippen LogP) is 2.95. The Balaban J connectivity index is 1.62. The quantitative estimate of drug-likeness (QED) is 0.880. The minimum atomic E-state index is -0.534. The zero-order valence-electron chi connectivity index (χ0n) is 13.7. The molecule has 2 aliphatic rings. The van der Waals surface area contributed by atoms with Crippen LogP contribution in [0.5, 0.6) is 0 Å². The summed E-state index contributed by atoms with van der Waals surface area (Å²) >= 11 is 0. The molecule has 4 rings (SSSR count). The number of hydrogen-bond acceptors (Lipinski definition) is 2. The zero-order chi connectivity index (χ0) is 16.0. The van der Waals surface area contributed by atoms with E-state index in [0.29, 0.717) is 19.5 Å². The van der Waals surface area contributed by atoms with Crippen molar-refractivity contribution in [1.82, 2.24) is 9.47 Å². The molecule has 1 N–H and O–H groups in total. The maximum Gasteiger partial charge on any atom is 0.256 e. The molecule has 1 amide bonds. The lowest BCUT2D eigenvalue weighted by molar-refractivity contribution is -0.0885. The Bertz CT molecular complexity index is 751. The van der Waals surface area contributed by atoms with Crippen LogP contribution in [0.1, 0.15) is 42.5 Å². The molecule has 1 aromatic heterocycles. The SMILES string of the molecule is Cn1cc(C(=O)N2CC[C@@]3(O)CCCC[C@H]3C2)c2ccccc21. The van der Waals surface area contributed by atoms with Crippen LogP contribution < -0.4 is 0 Å².